The number of fused-ring (bicyclic) bond motifs is 2. The van der Waals surface area contributed by atoms with Crippen LogP contribution in [0.15, 0.2) is 59.1 Å². The molecule has 0 fully saturated rings. The van der Waals surface area contributed by atoms with Crippen molar-refractivity contribution in [3.63, 3.8) is 0 Å². The average molecular weight is 564 g/mol. The SMILES string of the molecule is CCCOC(=O)c1c(NC(=O)c2cc(-c3cccc(Br)c3)nc3ccccc23)sc2c1CC[C@H](C)C2. The lowest BCUT2D eigenvalue weighted by molar-refractivity contribution is 0.0505. The van der Waals surface area contributed by atoms with Crippen LogP contribution in [0.1, 0.15) is 57.8 Å². The molecule has 0 saturated carbocycles. The molecular weight excluding hydrogens is 536 g/mol. The van der Waals surface area contributed by atoms with E-state index < -0.39 is 0 Å². The van der Waals surface area contributed by atoms with Crippen LogP contribution in [0.5, 0.6) is 0 Å². The van der Waals surface area contributed by atoms with Crippen LogP contribution in [0.4, 0.5) is 5.00 Å². The van der Waals surface area contributed by atoms with Crippen molar-refractivity contribution in [3.8, 4) is 11.3 Å². The molecule has 5 rings (SSSR count). The molecule has 36 heavy (non-hydrogen) atoms. The Hall–Kier alpha value is -3.03. The summed E-state index contributed by atoms with van der Waals surface area (Å²) in [4.78, 5) is 32.8. The smallest absolute Gasteiger partial charge is 0.341 e. The van der Waals surface area contributed by atoms with Crippen molar-refractivity contribution in [2.24, 2.45) is 5.92 Å². The van der Waals surface area contributed by atoms with E-state index in [9.17, 15) is 9.59 Å². The first-order valence-corrected chi connectivity index (χ1v) is 13.8. The van der Waals surface area contributed by atoms with Crippen LogP contribution in [0.25, 0.3) is 22.2 Å². The Morgan fingerprint density at radius 3 is 2.81 bits per heavy atom. The fraction of sp³-hybridized carbons (Fsp3) is 0.276. The fourth-order valence-corrected chi connectivity index (χ4v) is 6.44. The second kappa shape index (κ2) is 10.5. The van der Waals surface area contributed by atoms with Gasteiger partial charge in [0.25, 0.3) is 5.91 Å². The van der Waals surface area contributed by atoms with Gasteiger partial charge < -0.3 is 10.1 Å². The zero-order valence-electron chi connectivity index (χ0n) is 20.3. The molecule has 1 aliphatic carbocycles. The summed E-state index contributed by atoms with van der Waals surface area (Å²) in [5.41, 5.74) is 4.43. The Labute approximate surface area is 223 Å². The molecule has 0 saturated heterocycles. The average Bonchev–Trinajstić information content (AvgIpc) is 3.23. The van der Waals surface area contributed by atoms with Crippen LogP contribution in [-0.4, -0.2) is 23.5 Å². The monoisotopic (exact) mass is 562 g/mol. The molecule has 2 aromatic heterocycles. The van der Waals surface area contributed by atoms with Gasteiger partial charge in [-0.2, -0.15) is 0 Å². The number of esters is 1. The summed E-state index contributed by atoms with van der Waals surface area (Å²) in [6, 6.07) is 17.3. The number of hydrogen-bond acceptors (Lipinski definition) is 5. The molecule has 0 aliphatic heterocycles. The van der Waals surface area contributed by atoms with Crippen molar-refractivity contribution in [2.45, 2.75) is 39.5 Å². The molecule has 4 aromatic rings. The Bertz CT molecular complexity index is 1460. The van der Waals surface area contributed by atoms with Gasteiger partial charge in [0.15, 0.2) is 0 Å². The minimum absolute atomic E-state index is 0.263. The molecule has 0 spiro atoms. The molecule has 0 radical (unpaired) electrons. The second-order valence-electron chi connectivity index (χ2n) is 9.23. The first kappa shape index (κ1) is 24.7. The maximum absolute atomic E-state index is 13.8. The number of hydrogen-bond donors (Lipinski definition) is 1. The zero-order valence-corrected chi connectivity index (χ0v) is 22.7. The highest BCUT2D eigenvalue weighted by molar-refractivity contribution is 9.10. The number of carbonyl (C=O) groups excluding carboxylic acids is 2. The van der Waals surface area contributed by atoms with Gasteiger partial charge in [0.1, 0.15) is 5.00 Å². The number of para-hydroxylation sites is 1. The van der Waals surface area contributed by atoms with Crippen LogP contribution in [0, 0.1) is 5.92 Å². The summed E-state index contributed by atoms with van der Waals surface area (Å²) in [5, 5.41) is 4.42. The minimum Gasteiger partial charge on any atom is -0.462 e. The summed E-state index contributed by atoms with van der Waals surface area (Å²) in [6.07, 6.45) is 3.51. The zero-order chi connectivity index (χ0) is 25.2. The predicted molar refractivity (Wildman–Crippen MR) is 149 cm³/mol. The third-order valence-corrected chi connectivity index (χ3v) is 8.12. The summed E-state index contributed by atoms with van der Waals surface area (Å²) in [7, 11) is 0. The highest BCUT2D eigenvalue weighted by atomic mass is 79.9. The van der Waals surface area contributed by atoms with E-state index in [0.717, 1.165) is 52.2 Å². The van der Waals surface area contributed by atoms with Crippen LogP contribution in [0.3, 0.4) is 0 Å². The molecule has 0 unspecified atom stereocenters. The summed E-state index contributed by atoms with van der Waals surface area (Å²) >= 11 is 5.03. The Balaban J connectivity index is 1.57. The van der Waals surface area contributed by atoms with Crippen molar-refractivity contribution < 1.29 is 14.3 Å². The van der Waals surface area contributed by atoms with Gasteiger partial charge in [0.05, 0.1) is 28.9 Å². The summed E-state index contributed by atoms with van der Waals surface area (Å²) < 4.78 is 6.46. The molecule has 2 aromatic carbocycles. The number of nitrogens with zero attached hydrogens (tertiary/aromatic N) is 1. The molecule has 1 aliphatic rings. The number of rotatable bonds is 6. The van der Waals surface area contributed by atoms with Gasteiger partial charge in [-0.25, -0.2) is 9.78 Å². The van der Waals surface area contributed by atoms with Gasteiger partial charge in [-0.05, 0) is 61.4 Å². The number of thiophene rings is 1. The van der Waals surface area contributed by atoms with E-state index in [1.165, 1.54) is 16.2 Å². The molecule has 5 nitrogen and oxygen atoms in total. The molecule has 2 heterocycles. The number of nitrogens with one attached hydrogen (secondary N) is 1. The van der Waals surface area contributed by atoms with E-state index in [2.05, 4.69) is 28.2 Å². The van der Waals surface area contributed by atoms with Gasteiger partial charge in [0, 0.05) is 20.3 Å². The number of anilines is 1. The molecular formula is C29H27BrN2O3S. The quantitative estimate of drug-likeness (QED) is 0.245. The largest absolute Gasteiger partial charge is 0.462 e. The lowest BCUT2D eigenvalue weighted by atomic mass is 9.88. The summed E-state index contributed by atoms with van der Waals surface area (Å²) in [6.45, 7) is 4.55. The lowest BCUT2D eigenvalue weighted by Crippen LogP contribution is -2.17. The molecule has 7 heteroatoms. The maximum atomic E-state index is 13.8. The maximum Gasteiger partial charge on any atom is 0.341 e. The Morgan fingerprint density at radius 2 is 2.00 bits per heavy atom. The van der Waals surface area contributed by atoms with E-state index in [4.69, 9.17) is 9.72 Å². The van der Waals surface area contributed by atoms with Crippen LogP contribution in [-0.2, 0) is 17.6 Å². The standard InChI is InChI=1S/C29H27BrN2O3S/c1-3-13-35-29(34)26-21-12-11-17(2)14-25(21)36-28(26)32-27(33)22-16-24(18-7-6-8-19(30)15-18)31-23-10-5-4-9-20(22)23/h4-10,15-17H,3,11-14H2,1-2H3,(H,32,33)/t17-/m0/s1. The van der Waals surface area contributed by atoms with Crippen LogP contribution in [0.2, 0.25) is 0 Å². The third-order valence-electron chi connectivity index (χ3n) is 6.46. The first-order valence-electron chi connectivity index (χ1n) is 12.2. The van der Waals surface area contributed by atoms with Crippen molar-refractivity contribution in [1.29, 1.82) is 0 Å². The Kier molecular flexibility index (Phi) is 7.21. The topological polar surface area (TPSA) is 68.3 Å². The number of benzene rings is 2. The van der Waals surface area contributed by atoms with Gasteiger partial charge in [-0.1, -0.05) is 60.1 Å². The fourth-order valence-electron chi connectivity index (χ4n) is 4.65. The number of carbonyl (C=O) groups is 2. The number of halogens is 1. The van der Waals surface area contributed by atoms with E-state index in [1.807, 2.05) is 61.5 Å². The van der Waals surface area contributed by atoms with Crippen molar-refractivity contribution in [1.82, 2.24) is 4.98 Å². The number of pyridine rings is 1. The van der Waals surface area contributed by atoms with E-state index >= 15 is 0 Å². The number of aromatic nitrogens is 1. The van der Waals surface area contributed by atoms with Crippen LogP contribution < -0.4 is 5.32 Å². The van der Waals surface area contributed by atoms with E-state index in [0.29, 0.717) is 34.3 Å². The highest BCUT2D eigenvalue weighted by Crippen LogP contribution is 2.40. The van der Waals surface area contributed by atoms with Crippen molar-refractivity contribution >= 4 is 55.0 Å². The van der Waals surface area contributed by atoms with Gasteiger partial charge in [-0.3, -0.25) is 4.79 Å². The van der Waals surface area contributed by atoms with Crippen LogP contribution >= 0.6 is 27.3 Å². The van der Waals surface area contributed by atoms with Gasteiger partial charge in [-0.15, -0.1) is 11.3 Å². The number of ether oxygens (including phenoxy) is 1. The van der Waals surface area contributed by atoms with Crippen molar-refractivity contribution in [2.75, 3.05) is 11.9 Å². The number of amides is 1. The summed E-state index contributed by atoms with van der Waals surface area (Å²) in [5.74, 6) is -0.0641. The predicted octanol–water partition coefficient (Wildman–Crippen LogP) is 7.67. The van der Waals surface area contributed by atoms with Gasteiger partial charge in [0.2, 0.25) is 0 Å². The molecule has 1 N–H and O–H groups in total. The minimum atomic E-state index is -0.353. The van der Waals surface area contributed by atoms with Crippen molar-refractivity contribution in [3.05, 3.63) is 80.6 Å². The second-order valence-corrected chi connectivity index (χ2v) is 11.2. The lowest BCUT2D eigenvalue weighted by Gasteiger charge is -2.18. The molecule has 1 amide bonds. The molecule has 0 bridgehead atoms. The molecule has 1 atom stereocenters. The van der Waals surface area contributed by atoms with Gasteiger partial charge >= 0.3 is 5.97 Å². The normalized spacial score (nSPS) is 14.9. The van der Waals surface area contributed by atoms with E-state index in [-0.39, 0.29) is 11.9 Å². The Morgan fingerprint density at radius 1 is 1.17 bits per heavy atom. The third kappa shape index (κ3) is 4.95. The van der Waals surface area contributed by atoms with E-state index in [1.54, 1.807) is 0 Å². The first-order chi connectivity index (χ1) is 17.4. The highest BCUT2D eigenvalue weighted by Gasteiger charge is 2.29. The molecule has 184 valence electrons.